The molecule has 2 heterocycles. The molecule has 0 aliphatic heterocycles. The monoisotopic (exact) mass is 426 g/mol. The lowest BCUT2D eigenvalue weighted by molar-refractivity contribution is 0.102. The summed E-state index contributed by atoms with van der Waals surface area (Å²) in [4.78, 5) is 16.6. The maximum absolute atomic E-state index is 13.4. The van der Waals surface area contributed by atoms with Crippen molar-refractivity contribution in [2.45, 2.75) is 0 Å². The van der Waals surface area contributed by atoms with Crippen molar-refractivity contribution < 1.29 is 9.18 Å². The van der Waals surface area contributed by atoms with Crippen LogP contribution in [0.25, 0.3) is 16.9 Å². The number of rotatable bonds is 4. The molecule has 4 rings (SSSR count). The molecule has 0 radical (unpaired) electrons. The molecule has 144 valence electrons. The second-order valence-corrected chi connectivity index (χ2v) is 6.96. The lowest BCUT2D eigenvalue weighted by Gasteiger charge is -2.07. The highest BCUT2D eigenvalue weighted by Gasteiger charge is 2.17. The molecule has 2 aromatic heterocycles. The molecule has 0 bridgehead atoms. The van der Waals surface area contributed by atoms with E-state index in [0.717, 1.165) is 5.56 Å². The molecule has 4 aromatic rings. The Bertz CT molecular complexity index is 1090. The van der Waals surface area contributed by atoms with E-state index in [1.807, 2.05) is 12.1 Å². The number of aromatic nitrogens is 3. The van der Waals surface area contributed by atoms with Crippen LogP contribution in [0.15, 0.2) is 72.9 Å². The number of nitrogens with zero attached hydrogens (tertiary/aromatic N) is 3. The second-order valence-electron chi connectivity index (χ2n) is 6.13. The molecule has 5 nitrogen and oxygen atoms in total. The van der Waals surface area contributed by atoms with E-state index in [9.17, 15) is 9.18 Å². The molecule has 0 saturated heterocycles. The maximum Gasteiger partial charge on any atom is 0.276 e. The van der Waals surface area contributed by atoms with Gasteiger partial charge in [-0.25, -0.2) is 14.1 Å². The highest BCUT2D eigenvalue weighted by Crippen LogP contribution is 2.26. The molecular formula is C21H13Cl2FN4O. The van der Waals surface area contributed by atoms with E-state index in [1.165, 1.54) is 18.3 Å². The number of pyridine rings is 1. The van der Waals surface area contributed by atoms with Crippen molar-refractivity contribution in [2.75, 3.05) is 5.32 Å². The summed E-state index contributed by atoms with van der Waals surface area (Å²) in [5.41, 5.74) is 2.76. The van der Waals surface area contributed by atoms with Crippen molar-refractivity contribution in [2.24, 2.45) is 0 Å². The molecular weight excluding hydrogens is 414 g/mol. The molecule has 1 amide bonds. The van der Waals surface area contributed by atoms with E-state index < -0.39 is 5.91 Å². The fraction of sp³-hybridized carbons (Fsp3) is 0. The molecule has 0 saturated carbocycles. The van der Waals surface area contributed by atoms with Crippen molar-refractivity contribution in [1.29, 1.82) is 0 Å². The summed E-state index contributed by atoms with van der Waals surface area (Å²) in [6.07, 6.45) is 1.46. The lowest BCUT2D eigenvalue weighted by Crippen LogP contribution is -2.13. The minimum absolute atomic E-state index is 0.189. The van der Waals surface area contributed by atoms with Crippen molar-refractivity contribution in [3.63, 3.8) is 0 Å². The average molecular weight is 427 g/mol. The van der Waals surface area contributed by atoms with Crippen LogP contribution in [0.4, 0.5) is 10.1 Å². The van der Waals surface area contributed by atoms with Crippen molar-refractivity contribution in [3.8, 4) is 16.9 Å². The predicted molar refractivity (Wildman–Crippen MR) is 111 cm³/mol. The van der Waals surface area contributed by atoms with E-state index in [0.29, 0.717) is 27.2 Å². The number of amides is 1. The lowest BCUT2D eigenvalue weighted by atomic mass is 10.1. The quantitative estimate of drug-likeness (QED) is 0.430. The third-order valence-corrected chi connectivity index (χ3v) is 4.61. The van der Waals surface area contributed by atoms with Gasteiger partial charge in [0.25, 0.3) is 5.91 Å². The van der Waals surface area contributed by atoms with E-state index in [-0.39, 0.29) is 11.5 Å². The third kappa shape index (κ3) is 4.29. The molecule has 0 aliphatic carbocycles. The van der Waals surface area contributed by atoms with Crippen LogP contribution in [0, 0.1) is 5.82 Å². The number of hydrogen-bond donors (Lipinski definition) is 1. The summed E-state index contributed by atoms with van der Waals surface area (Å²) >= 11 is 11.8. The van der Waals surface area contributed by atoms with Gasteiger partial charge in [0.1, 0.15) is 11.0 Å². The van der Waals surface area contributed by atoms with Gasteiger partial charge >= 0.3 is 0 Å². The summed E-state index contributed by atoms with van der Waals surface area (Å²) in [6, 6.07) is 17.9. The van der Waals surface area contributed by atoms with E-state index >= 15 is 0 Å². The van der Waals surface area contributed by atoms with Gasteiger partial charge in [0, 0.05) is 10.6 Å². The molecule has 8 heteroatoms. The summed E-state index contributed by atoms with van der Waals surface area (Å²) in [6.45, 7) is 0. The Balaban J connectivity index is 1.74. The molecule has 29 heavy (non-hydrogen) atoms. The van der Waals surface area contributed by atoms with Gasteiger partial charge < -0.3 is 5.32 Å². The molecule has 0 fully saturated rings. The van der Waals surface area contributed by atoms with E-state index in [4.69, 9.17) is 23.2 Å². The zero-order valence-corrected chi connectivity index (χ0v) is 16.3. The Morgan fingerprint density at radius 1 is 0.966 bits per heavy atom. The highest BCUT2D eigenvalue weighted by molar-refractivity contribution is 6.30. The predicted octanol–water partition coefficient (Wildman–Crippen LogP) is 5.63. The van der Waals surface area contributed by atoms with E-state index in [1.54, 1.807) is 47.1 Å². The summed E-state index contributed by atoms with van der Waals surface area (Å²) in [5, 5.41) is 8.08. The maximum atomic E-state index is 13.4. The third-order valence-electron chi connectivity index (χ3n) is 4.14. The van der Waals surface area contributed by atoms with Gasteiger partial charge in [0.2, 0.25) is 0 Å². The Morgan fingerprint density at radius 2 is 1.69 bits per heavy atom. The number of carbonyl (C=O) groups excluding carboxylic acids is 1. The van der Waals surface area contributed by atoms with Crippen LogP contribution in [0.5, 0.6) is 0 Å². The van der Waals surface area contributed by atoms with Gasteiger partial charge in [0.15, 0.2) is 5.69 Å². The second kappa shape index (κ2) is 8.03. The van der Waals surface area contributed by atoms with Gasteiger partial charge in [0.05, 0.1) is 23.3 Å². The van der Waals surface area contributed by atoms with Crippen LogP contribution in [-0.2, 0) is 0 Å². The normalized spacial score (nSPS) is 10.7. The number of benzene rings is 2. The Hall–Kier alpha value is -3.22. The topological polar surface area (TPSA) is 59.8 Å². The van der Waals surface area contributed by atoms with Crippen molar-refractivity contribution >= 4 is 34.8 Å². The highest BCUT2D eigenvalue weighted by atomic mass is 35.5. The zero-order valence-electron chi connectivity index (χ0n) is 14.8. The fourth-order valence-corrected chi connectivity index (χ4v) is 2.98. The first-order valence-electron chi connectivity index (χ1n) is 8.54. The smallest absolute Gasteiger partial charge is 0.276 e. The van der Waals surface area contributed by atoms with Crippen molar-refractivity contribution in [3.05, 3.63) is 94.6 Å². The Kier molecular flexibility index (Phi) is 5.29. The molecule has 0 unspecified atom stereocenters. The number of halogens is 3. The summed E-state index contributed by atoms with van der Waals surface area (Å²) < 4.78 is 14.9. The fourth-order valence-electron chi connectivity index (χ4n) is 2.74. The van der Waals surface area contributed by atoms with Gasteiger partial charge in [-0.2, -0.15) is 5.10 Å². The SMILES string of the molecule is O=C(Nc1ccc(Cl)nc1)c1cc(-c2ccc(Cl)cc2)n(-c2ccc(F)cc2)n1. The molecule has 2 aromatic carbocycles. The zero-order chi connectivity index (χ0) is 20.4. The number of anilines is 1. The van der Waals surface area contributed by atoms with Gasteiger partial charge in [-0.1, -0.05) is 35.3 Å². The molecule has 0 spiro atoms. The van der Waals surface area contributed by atoms with Crippen molar-refractivity contribution in [1.82, 2.24) is 14.8 Å². The van der Waals surface area contributed by atoms with Crippen LogP contribution in [0.2, 0.25) is 10.2 Å². The van der Waals surface area contributed by atoms with Crippen LogP contribution in [0.1, 0.15) is 10.5 Å². The van der Waals surface area contributed by atoms with Crippen LogP contribution < -0.4 is 5.32 Å². The van der Waals surface area contributed by atoms with Crippen LogP contribution in [0.3, 0.4) is 0 Å². The number of nitrogens with one attached hydrogen (secondary N) is 1. The summed E-state index contributed by atoms with van der Waals surface area (Å²) in [5.74, 6) is -0.771. The molecule has 0 atom stereocenters. The first-order valence-corrected chi connectivity index (χ1v) is 9.30. The molecule has 0 aliphatic rings. The average Bonchev–Trinajstić information content (AvgIpc) is 3.16. The van der Waals surface area contributed by atoms with Gasteiger partial charge in [-0.05, 0) is 54.6 Å². The first kappa shape index (κ1) is 19.1. The summed E-state index contributed by atoms with van der Waals surface area (Å²) in [7, 11) is 0. The van der Waals surface area contributed by atoms with Crippen LogP contribution >= 0.6 is 23.2 Å². The minimum atomic E-state index is -0.412. The largest absolute Gasteiger partial charge is 0.319 e. The van der Waals surface area contributed by atoms with Crippen LogP contribution in [-0.4, -0.2) is 20.7 Å². The molecule has 1 N–H and O–H groups in total. The van der Waals surface area contributed by atoms with E-state index in [2.05, 4.69) is 15.4 Å². The first-order chi connectivity index (χ1) is 14.0. The number of hydrogen-bond acceptors (Lipinski definition) is 3. The number of carbonyl (C=O) groups is 1. The Labute approximate surface area is 175 Å². The minimum Gasteiger partial charge on any atom is -0.319 e. The standard InChI is InChI=1S/C21H13Cl2FN4O/c22-14-3-1-13(2-4-14)19-11-18(21(29)26-16-7-10-20(23)25-12-16)27-28(19)17-8-5-15(24)6-9-17/h1-12H,(H,26,29). The van der Waals surface area contributed by atoms with Gasteiger partial charge in [-0.3, -0.25) is 4.79 Å². The Morgan fingerprint density at radius 3 is 2.34 bits per heavy atom. The van der Waals surface area contributed by atoms with Gasteiger partial charge in [-0.15, -0.1) is 0 Å².